The molecule has 0 aliphatic heterocycles. The summed E-state index contributed by atoms with van der Waals surface area (Å²) in [6.45, 7) is 1.41. The first-order valence-electron chi connectivity index (χ1n) is 4.55. The normalized spacial score (nSPS) is 9.47. The molecule has 4 nitrogen and oxygen atoms in total. The number of rotatable bonds is 4. The number of carbonyl (C=O) groups is 2. The summed E-state index contributed by atoms with van der Waals surface area (Å²) < 4.78 is 4.97. The van der Waals surface area contributed by atoms with E-state index in [4.69, 9.17) is 4.74 Å². The van der Waals surface area contributed by atoms with Gasteiger partial charge in [-0.3, -0.25) is 9.59 Å². The molecule has 0 radical (unpaired) electrons. The lowest BCUT2D eigenvalue weighted by molar-refractivity contribution is -0.118. The summed E-state index contributed by atoms with van der Waals surface area (Å²) in [4.78, 5) is 22.1. The van der Waals surface area contributed by atoms with Crippen LogP contribution in [0.3, 0.4) is 0 Å². The van der Waals surface area contributed by atoms with Gasteiger partial charge in [0.25, 0.3) is 0 Å². The van der Waals surface area contributed by atoms with Gasteiger partial charge in [0.2, 0.25) is 5.91 Å². The van der Waals surface area contributed by atoms with Crippen molar-refractivity contribution in [2.75, 3.05) is 13.7 Å². The Balaban J connectivity index is 2.62. The predicted molar refractivity (Wildman–Crippen MR) is 56.0 cm³/mol. The number of amides is 1. The summed E-state index contributed by atoms with van der Waals surface area (Å²) in [6.07, 6.45) is 0. The number of methoxy groups -OCH3 is 1. The average molecular weight is 207 g/mol. The predicted octanol–water partition coefficient (Wildman–Crippen LogP) is 1.01. The van der Waals surface area contributed by atoms with Crippen LogP contribution in [0.25, 0.3) is 0 Å². The number of nitrogens with one attached hydrogen (secondary N) is 1. The lowest BCUT2D eigenvalue weighted by atomic mass is 10.1. The summed E-state index contributed by atoms with van der Waals surface area (Å²) in [5.74, 6) is 0.371. The molecule has 15 heavy (non-hydrogen) atoms. The molecular weight excluding hydrogens is 194 g/mol. The minimum absolute atomic E-state index is 0.0294. The van der Waals surface area contributed by atoms with E-state index in [1.54, 1.807) is 31.4 Å². The first kappa shape index (κ1) is 11.2. The molecule has 0 spiro atoms. The van der Waals surface area contributed by atoms with Gasteiger partial charge in [0.15, 0.2) is 5.78 Å². The molecule has 0 saturated heterocycles. The Morgan fingerprint density at radius 2 is 1.87 bits per heavy atom. The number of Topliss-reactive ketones (excluding diaryl/α,β-unsaturated/α-hetero) is 1. The third-order valence-corrected chi connectivity index (χ3v) is 1.91. The van der Waals surface area contributed by atoms with E-state index in [9.17, 15) is 9.59 Å². The average Bonchev–Trinajstić information content (AvgIpc) is 2.26. The molecule has 1 aromatic rings. The Hall–Kier alpha value is -1.84. The molecule has 0 heterocycles. The molecule has 80 valence electrons. The van der Waals surface area contributed by atoms with Crippen molar-refractivity contribution in [1.82, 2.24) is 5.32 Å². The first-order chi connectivity index (χ1) is 7.13. The highest BCUT2D eigenvalue weighted by Gasteiger charge is 2.05. The van der Waals surface area contributed by atoms with Crippen molar-refractivity contribution in [1.29, 1.82) is 0 Å². The van der Waals surface area contributed by atoms with Gasteiger partial charge in [-0.2, -0.15) is 0 Å². The number of benzene rings is 1. The van der Waals surface area contributed by atoms with Crippen LogP contribution >= 0.6 is 0 Å². The lowest BCUT2D eigenvalue weighted by Gasteiger charge is -2.03. The second kappa shape index (κ2) is 5.14. The highest BCUT2D eigenvalue weighted by Crippen LogP contribution is 2.11. The van der Waals surface area contributed by atoms with Gasteiger partial charge in [-0.25, -0.2) is 0 Å². The lowest BCUT2D eigenvalue weighted by Crippen LogP contribution is -2.27. The van der Waals surface area contributed by atoms with Gasteiger partial charge in [-0.1, -0.05) is 0 Å². The van der Waals surface area contributed by atoms with Crippen molar-refractivity contribution in [3.63, 3.8) is 0 Å². The van der Waals surface area contributed by atoms with Crippen LogP contribution in [-0.2, 0) is 4.79 Å². The van der Waals surface area contributed by atoms with Crippen molar-refractivity contribution < 1.29 is 14.3 Å². The van der Waals surface area contributed by atoms with Gasteiger partial charge >= 0.3 is 0 Å². The molecule has 1 N–H and O–H groups in total. The fraction of sp³-hybridized carbons (Fsp3) is 0.273. The maximum atomic E-state index is 11.5. The molecule has 0 aliphatic carbocycles. The van der Waals surface area contributed by atoms with Gasteiger partial charge in [0.1, 0.15) is 5.75 Å². The molecule has 0 aliphatic rings. The van der Waals surface area contributed by atoms with Gasteiger partial charge in [-0.05, 0) is 24.3 Å². The van der Waals surface area contributed by atoms with Crippen LogP contribution in [-0.4, -0.2) is 25.3 Å². The fourth-order valence-electron chi connectivity index (χ4n) is 1.08. The van der Waals surface area contributed by atoms with Crippen molar-refractivity contribution in [2.24, 2.45) is 0 Å². The van der Waals surface area contributed by atoms with Crippen LogP contribution in [0.5, 0.6) is 5.75 Å². The summed E-state index contributed by atoms with van der Waals surface area (Å²) in [5.41, 5.74) is 0.560. The molecule has 0 atom stereocenters. The van der Waals surface area contributed by atoms with E-state index >= 15 is 0 Å². The summed E-state index contributed by atoms with van der Waals surface area (Å²) in [6, 6.07) is 6.76. The topological polar surface area (TPSA) is 55.4 Å². The Bertz CT molecular complexity index is 357. The zero-order valence-electron chi connectivity index (χ0n) is 8.74. The second-order valence-corrected chi connectivity index (χ2v) is 3.06. The minimum Gasteiger partial charge on any atom is -0.497 e. The highest BCUT2D eigenvalue weighted by molar-refractivity contribution is 5.99. The van der Waals surface area contributed by atoms with E-state index in [-0.39, 0.29) is 18.2 Å². The van der Waals surface area contributed by atoms with Gasteiger partial charge in [0, 0.05) is 12.5 Å². The van der Waals surface area contributed by atoms with Crippen molar-refractivity contribution in [3.8, 4) is 5.75 Å². The molecule has 0 fully saturated rings. The fourth-order valence-corrected chi connectivity index (χ4v) is 1.08. The Morgan fingerprint density at radius 3 is 2.33 bits per heavy atom. The van der Waals surface area contributed by atoms with Gasteiger partial charge < -0.3 is 10.1 Å². The van der Waals surface area contributed by atoms with E-state index in [0.717, 1.165) is 0 Å². The Labute approximate surface area is 88.2 Å². The number of hydrogen-bond donors (Lipinski definition) is 1. The zero-order valence-corrected chi connectivity index (χ0v) is 8.74. The maximum Gasteiger partial charge on any atom is 0.217 e. The monoisotopic (exact) mass is 207 g/mol. The molecule has 0 saturated carbocycles. The van der Waals surface area contributed by atoms with E-state index in [2.05, 4.69) is 5.32 Å². The van der Waals surface area contributed by atoms with Crippen LogP contribution in [0.1, 0.15) is 17.3 Å². The Morgan fingerprint density at radius 1 is 1.27 bits per heavy atom. The third-order valence-electron chi connectivity index (χ3n) is 1.91. The number of ether oxygens (including phenoxy) is 1. The first-order valence-corrected chi connectivity index (χ1v) is 4.55. The van der Waals surface area contributed by atoms with Crippen molar-refractivity contribution in [2.45, 2.75) is 6.92 Å². The molecule has 1 amide bonds. The van der Waals surface area contributed by atoms with E-state index in [1.165, 1.54) is 6.92 Å². The highest BCUT2D eigenvalue weighted by atomic mass is 16.5. The zero-order chi connectivity index (χ0) is 11.3. The number of carbonyl (C=O) groups excluding carboxylic acids is 2. The second-order valence-electron chi connectivity index (χ2n) is 3.06. The van der Waals surface area contributed by atoms with Crippen LogP contribution < -0.4 is 10.1 Å². The number of hydrogen-bond acceptors (Lipinski definition) is 3. The van der Waals surface area contributed by atoms with E-state index < -0.39 is 0 Å². The summed E-state index contributed by atoms with van der Waals surface area (Å²) >= 11 is 0. The van der Waals surface area contributed by atoms with E-state index in [0.29, 0.717) is 11.3 Å². The molecule has 0 aromatic heterocycles. The maximum absolute atomic E-state index is 11.5. The van der Waals surface area contributed by atoms with Crippen LogP contribution in [0.2, 0.25) is 0 Å². The Kier molecular flexibility index (Phi) is 3.85. The van der Waals surface area contributed by atoms with Gasteiger partial charge in [-0.15, -0.1) is 0 Å². The smallest absolute Gasteiger partial charge is 0.217 e. The minimum atomic E-state index is -0.211. The molecule has 1 rings (SSSR count). The number of ketones is 1. The standard InChI is InChI=1S/C11H13NO3/c1-8(13)12-7-11(14)9-3-5-10(15-2)6-4-9/h3-6H,7H2,1-2H3,(H,12,13). The van der Waals surface area contributed by atoms with Crippen LogP contribution in [0, 0.1) is 0 Å². The molecule has 0 unspecified atom stereocenters. The van der Waals surface area contributed by atoms with Gasteiger partial charge in [0.05, 0.1) is 13.7 Å². The molecular formula is C11H13NO3. The molecule has 1 aromatic carbocycles. The summed E-state index contributed by atoms with van der Waals surface area (Å²) in [7, 11) is 1.56. The SMILES string of the molecule is COc1ccc(C(=O)CNC(C)=O)cc1. The quantitative estimate of drug-likeness (QED) is 0.750. The van der Waals surface area contributed by atoms with Crippen LogP contribution in [0.15, 0.2) is 24.3 Å². The largest absolute Gasteiger partial charge is 0.497 e. The molecule has 0 bridgehead atoms. The third kappa shape index (κ3) is 3.42. The van der Waals surface area contributed by atoms with Crippen LogP contribution in [0.4, 0.5) is 0 Å². The van der Waals surface area contributed by atoms with Crippen molar-refractivity contribution in [3.05, 3.63) is 29.8 Å². The van der Waals surface area contributed by atoms with E-state index in [1.807, 2.05) is 0 Å². The summed E-state index contributed by atoms with van der Waals surface area (Å²) in [5, 5.41) is 2.45. The van der Waals surface area contributed by atoms with Crippen molar-refractivity contribution >= 4 is 11.7 Å². The molecule has 4 heteroatoms.